The molecule has 1 aromatic carbocycles. The average Bonchev–Trinajstić information content (AvgIpc) is 2.85. The van der Waals surface area contributed by atoms with Crippen LogP contribution >= 0.6 is 0 Å². The van der Waals surface area contributed by atoms with Gasteiger partial charge in [0.2, 0.25) is 5.91 Å². The van der Waals surface area contributed by atoms with E-state index in [1.165, 1.54) is 12.1 Å². The molecule has 2 saturated heterocycles. The molecule has 0 spiro atoms. The summed E-state index contributed by atoms with van der Waals surface area (Å²) >= 11 is 0. The van der Waals surface area contributed by atoms with Gasteiger partial charge in [-0.2, -0.15) is 0 Å². The van der Waals surface area contributed by atoms with Crippen molar-refractivity contribution in [3.63, 3.8) is 0 Å². The Morgan fingerprint density at radius 3 is 2.76 bits per heavy atom. The summed E-state index contributed by atoms with van der Waals surface area (Å²) in [5.41, 5.74) is 0.922. The second-order valence-electron chi connectivity index (χ2n) is 5.70. The number of rotatable bonds is 3. The largest absolute Gasteiger partial charge is 0.379 e. The fourth-order valence-corrected chi connectivity index (χ4v) is 3.18. The molecule has 0 saturated carbocycles. The van der Waals surface area contributed by atoms with Crippen molar-refractivity contribution < 1.29 is 13.9 Å². The Morgan fingerprint density at radius 2 is 2.14 bits per heavy atom. The summed E-state index contributed by atoms with van der Waals surface area (Å²) in [5.74, 6) is -0.134. The molecule has 1 N–H and O–H groups in total. The number of ether oxygens (including phenoxy) is 1. The zero-order valence-electron chi connectivity index (χ0n) is 12.2. The maximum atomic E-state index is 13.1. The van der Waals surface area contributed by atoms with Crippen molar-refractivity contribution in [3.8, 4) is 0 Å². The summed E-state index contributed by atoms with van der Waals surface area (Å²) in [6, 6.07) is 6.31. The number of nitrogens with zero attached hydrogens (tertiary/aromatic N) is 1. The van der Waals surface area contributed by atoms with Crippen LogP contribution in [-0.2, 0) is 9.53 Å². The van der Waals surface area contributed by atoms with Crippen LogP contribution in [0.15, 0.2) is 24.3 Å². The van der Waals surface area contributed by atoms with Crippen LogP contribution in [0.1, 0.15) is 37.9 Å². The third kappa shape index (κ3) is 2.80. The van der Waals surface area contributed by atoms with Gasteiger partial charge in [-0.25, -0.2) is 4.39 Å². The van der Waals surface area contributed by atoms with E-state index in [4.69, 9.17) is 4.74 Å². The minimum atomic E-state index is -0.261. The molecule has 5 heteroatoms. The van der Waals surface area contributed by atoms with E-state index >= 15 is 0 Å². The van der Waals surface area contributed by atoms with Crippen LogP contribution in [-0.4, -0.2) is 36.1 Å². The van der Waals surface area contributed by atoms with Gasteiger partial charge in [0, 0.05) is 6.61 Å². The molecular formula is C16H21FN2O2. The van der Waals surface area contributed by atoms with Crippen molar-refractivity contribution in [1.82, 2.24) is 10.2 Å². The Hall–Kier alpha value is -1.46. The van der Waals surface area contributed by atoms with Crippen LogP contribution in [0.4, 0.5) is 4.39 Å². The van der Waals surface area contributed by atoms with Gasteiger partial charge in [-0.3, -0.25) is 10.1 Å². The molecule has 2 aliphatic heterocycles. The molecule has 3 unspecified atom stereocenters. The van der Waals surface area contributed by atoms with E-state index in [1.54, 1.807) is 12.1 Å². The van der Waals surface area contributed by atoms with Gasteiger partial charge in [-0.05, 0) is 37.0 Å². The summed E-state index contributed by atoms with van der Waals surface area (Å²) in [7, 11) is 0. The van der Waals surface area contributed by atoms with Crippen LogP contribution in [0.2, 0.25) is 0 Å². The summed E-state index contributed by atoms with van der Waals surface area (Å²) in [5, 5.41) is 3.37. The molecule has 3 rings (SSSR count). The molecule has 0 radical (unpaired) electrons. The monoisotopic (exact) mass is 292 g/mol. The Labute approximate surface area is 124 Å². The molecule has 1 amide bonds. The van der Waals surface area contributed by atoms with Gasteiger partial charge in [-0.1, -0.05) is 19.1 Å². The van der Waals surface area contributed by atoms with Crippen LogP contribution in [0.25, 0.3) is 0 Å². The van der Waals surface area contributed by atoms with E-state index < -0.39 is 0 Å². The van der Waals surface area contributed by atoms with Gasteiger partial charge in [0.1, 0.15) is 12.0 Å². The highest BCUT2D eigenvalue weighted by Crippen LogP contribution is 2.31. The maximum Gasteiger partial charge on any atom is 0.241 e. The minimum absolute atomic E-state index is 0.102. The SMILES string of the molecule is CCC1NC(c2ccc(F)cc2)N(C2CCCOC2)C1=O. The molecule has 2 fully saturated rings. The molecule has 0 bridgehead atoms. The fraction of sp³-hybridized carbons (Fsp3) is 0.562. The highest BCUT2D eigenvalue weighted by Gasteiger charge is 2.42. The van der Waals surface area contributed by atoms with Gasteiger partial charge in [0.15, 0.2) is 0 Å². The summed E-state index contributed by atoms with van der Waals surface area (Å²) in [6.07, 6.45) is 2.50. The molecule has 2 aliphatic rings. The maximum absolute atomic E-state index is 13.1. The Morgan fingerprint density at radius 1 is 1.38 bits per heavy atom. The van der Waals surface area contributed by atoms with E-state index in [9.17, 15) is 9.18 Å². The summed E-state index contributed by atoms with van der Waals surface area (Å²) in [6.45, 7) is 3.35. The lowest BCUT2D eigenvalue weighted by Gasteiger charge is -2.35. The third-order valence-electron chi connectivity index (χ3n) is 4.31. The molecule has 4 nitrogen and oxygen atoms in total. The number of amides is 1. The second-order valence-corrected chi connectivity index (χ2v) is 5.70. The van der Waals surface area contributed by atoms with Crippen molar-refractivity contribution >= 4 is 5.91 Å². The van der Waals surface area contributed by atoms with Crippen LogP contribution < -0.4 is 5.32 Å². The summed E-state index contributed by atoms with van der Waals surface area (Å²) in [4.78, 5) is 14.5. The number of hydrogen-bond acceptors (Lipinski definition) is 3. The first-order valence-electron chi connectivity index (χ1n) is 7.62. The number of carbonyl (C=O) groups excluding carboxylic acids is 1. The highest BCUT2D eigenvalue weighted by atomic mass is 19.1. The first kappa shape index (κ1) is 14.5. The lowest BCUT2D eigenvalue weighted by atomic mass is 10.1. The molecule has 1 aromatic rings. The minimum Gasteiger partial charge on any atom is -0.379 e. The predicted molar refractivity (Wildman–Crippen MR) is 77.0 cm³/mol. The topological polar surface area (TPSA) is 41.6 Å². The van der Waals surface area contributed by atoms with Crippen molar-refractivity contribution in [2.75, 3.05) is 13.2 Å². The van der Waals surface area contributed by atoms with E-state index in [0.717, 1.165) is 31.4 Å². The Balaban J connectivity index is 1.88. The highest BCUT2D eigenvalue weighted by molar-refractivity contribution is 5.84. The number of benzene rings is 1. The third-order valence-corrected chi connectivity index (χ3v) is 4.31. The Bertz CT molecular complexity index is 500. The van der Waals surface area contributed by atoms with Gasteiger partial charge in [0.05, 0.1) is 18.7 Å². The van der Waals surface area contributed by atoms with Crippen molar-refractivity contribution in [2.24, 2.45) is 0 Å². The fourth-order valence-electron chi connectivity index (χ4n) is 3.18. The van der Waals surface area contributed by atoms with Gasteiger partial charge >= 0.3 is 0 Å². The van der Waals surface area contributed by atoms with E-state index in [-0.39, 0.29) is 30.0 Å². The lowest BCUT2D eigenvalue weighted by molar-refractivity contribution is -0.135. The van der Waals surface area contributed by atoms with Gasteiger partial charge < -0.3 is 9.64 Å². The molecular weight excluding hydrogens is 271 g/mol. The second kappa shape index (κ2) is 6.12. The summed E-state index contributed by atoms with van der Waals surface area (Å²) < 4.78 is 18.7. The molecule has 21 heavy (non-hydrogen) atoms. The van der Waals surface area contributed by atoms with Gasteiger partial charge in [-0.15, -0.1) is 0 Å². The van der Waals surface area contributed by atoms with E-state index in [0.29, 0.717) is 6.61 Å². The standard InChI is InChI=1S/C16H21FN2O2/c1-2-14-16(20)19(13-4-3-9-21-10-13)15(18-14)11-5-7-12(17)8-6-11/h5-8,13-15,18H,2-4,9-10H2,1H3. The van der Waals surface area contributed by atoms with E-state index in [2.05, 4.69) is 5.32 Å². The Kier molecular flexibility index (Phi) is 4.22. The smallest absolute Gasteiger partial charge is 0.241 e. The first-order chi connectivity index (χ1) is 10.2. The van der Waals surface area contributed by atoms with Crippen molar-refractivity contribution in [2.45, 2.75) is 44.4 Å². The molecule has 0 aromatic heterocycles. The lowest BCUT2D eigenvalue weighted by Crippen LogP contribution is -2.44. The average molecular weight is 292 g/mol. The van der Waals surface area contributed by atoms with Crippen molar-refractivity contribution in [3.05, 3.63) is 35.6 Å². The predicted octanol–water partition coefficient (Wildman–Crippen LogP) is 2.21. The molecule has 2 heterocycles. The molecule has 0 aliphatic carbocycles. The van der Waals surface area contributed by atoms with Crippen LogP contribution in [0.3, 0.4) is 0 Å². The zero-order valence-corrected chi connectivity index (χ0v) is 12.2. The molecule has 3 atom stereocenters. The van der Waals surface area contributed by atoms with Gasteiger partial charge in [0.25, 0.3) is 0 Å². The quantitative estimate of drug-likeness (QED) is 0.929. The van der Waals surface area contributed by atoms with Crippen LogP contribution in [0, 0.1) is 5.82 Å². The first-order valence-corrected chi connectivity index (χ1v) is 7.62. The number of halogens is 1. The zero-order chi connectivity index (χ0) is 14.8. The van der Waals surface area contributed by atoms with E-state index in [1.807, 2.05) is 11.8 Å². The number of hydrogen-bond donors (Lipinski definition) is 1. The number of carbonyl (C=O) groups is 1. The molecule has 114 valence electrons. The van der Waals surface area contributed by atoms with Crippen LogP contribution in [0.5, 0.6) is 0 Å². The normalized spacial score (nSPS) is 29.9. The number of nitrogens with one attached hydrogen (secondary N) is 1. The van der Waals surface area contributed by atoms with Crippen molar-refractivity contribution in [1.29, 1.82) is 0 Å².